The van der Waals surface area contributed by atoms with Gasteiger partial charge < -0.3 is 14.6 Å². The number of carbonyl (C=O) groups excluding carboxylic acids is 1. The lowest BCUT2D eigenvalue weighted by Crippen LogP contribution is -2.44. The van der Waals surface area contributed by atoms with Gasteiger partial charge in [-0.25, -0.2) is 0 Å². The van der Waals surface area contributed by atoms with E-state index < -0.39 is 23.8 Å². The van der Waals surface area contributed by atoms with Gasteiger partial charge in [-0.2, -0.15) is 13.2 Å². The average Bonchev–Trinajstić information content (AvgIpc) is 2.41. The van der Waals surface area contributed by atoms with Crippen LogP contribution in [-0.2, 0) is 11.2 Å². The molecule has 0 saturated heterocycles. The lowest BCUT2D eigenvalue weighted by atomic mass is 9.88. The zero-order chi connectivity index (χ0) is 18.3. The van der Waals surface area contributed by atoms with Gasteiger partial charge in [-0.3, -0.25) is 0 Å². The number of rotatable bonds is 3. The first kappa shape index (κ1) is 18.6. The van der Waals surface area contributed by atoms with E-state index in [-0.39, 0.29) is 16.7 Å². The standard InChI is InChI=1S/C17H18ClF3O3/c1-16(2,3)5-4-9-8-13-10(7-12(9)18)6-11(15(22)23)14(24-13)17(19,20)21/h6-8,14H,4-5H2,1-3H3,(H,22,23)/p-1/t14-/m1/s1. The number of carboxylic acids is 1. The molecular formula is C17H17ClF3O3-. The van der Waals surface area contributed by atoms with Crippen LogP contribution in [0, 0.1) is 5.41 Å². The molecule has 1 aliphatic heterocycles. The number of carbonyl (C=O) groups is 1. The van der Waals surface area contributed by atoms with Gasteiger partial charge in [0.15, 0.2) is 0 Å². The molecule has 0 spiro atoms. The summed E-state index contributed by atoms with van der Waals surface area (Å²) in [6, 6.07) is 2.87. The molecule has 1 aromatic rings. The first-order valence-corrected chi connectivity index (χ1v) is 7.75. The maximum atomic E-state index is 13.0. The van der Waals surface area contributed by atoms with Crippen molar-refractivity contribution in [2.75, 3.05) is 0 Å². The molecule has 2 rings (SSSR count). The highest BCUT2D eigenvalue weighted by molar-refractivity contribution is 6.31. The van der Waals surface area contributed by atoms with Gasteiger partial charge >= 0.3 is 6.18 Å². The topological polar surface area (TPSA) is 49.4 Å². The fraction of sp³-hybridized carbons (Fsp3) is 0.471. The summed E-state index contributed by atoms with van der Waals surface area (Å²) in [5, 5.41) is 11.4. The van der Waals surface area contributed by atoms with Crippen molar-refractivity contribution in [1.29, 1.82) is 0 Å². The largest absolute Gasteiger partial charge is 0.545 e. The molecule has 1 heterocycles. The Hall–Kier alpha value is -1.69. The maximum Gasteiger partial charge on any atom is 0.429 e. The molecule has 0 aromatic heterocycles. The van der Waals surface area contributed by atoms with Crippen LogP contribution in [0.25, 0.3) is 6.08 Å². The van der Waals surface area contributed by atoms with Crippen molar-refractivity contribution in [3.8, 4) is 5.75 Å². The third-order valence-electron chi connectivity index (χ3n) is 3.69. The number of halogens is 4. The molecule has 1 aromatic carbocycles. The molecule has 0 radical (unpaired) electrons. The van der Waals surface area contributed by atoms with Crippen molar-refractivity contribution in [3.05, 3.63) is 33.9 Å². The first-order chi connectivity index (χ1) is 10.9. The van der Waals surface area contributed by atoms with E-state index in [2.05, 4.69) is 0 Å². The number of ether oxygens (including phenoxy) is 1. The summed E-state index contributed by atoms with van der Waals surface area (Å²) in [7, 11) is 0. The number of aliphatic carboxylic acids is 1. The maximum absolute atomic E-state index is 13.0. The van der Waals surface area contributed by atoms with E-state index in [1.165, 1.54) is 12.1 Å². The van der Waals surface area contributed by atoms with E-state index in [1.807, 2.05) is 20.8 Å². The molecule has 7 heteroatoms. The summed E-state index contributed by atoms with van der Waals surface area (Å²) in [6.07, 6.45) is -5.13. The molecule has 0 N–H and O–H groups in total. The Kier molecular flexibility index (Phi) is 4.91. The minimum atomic E-state index is -4.85. The third kappa shape index (κ3) is 4.23. The van der Waals surface area contributed by atoms with E-state index in [1.54, 1.807) is 0 Å². The number of hydrogen-bond acceptors (Lipinski definition) is 3. The zero-order valence-corrected chi connectivity index (χ0v) is 14.2. The highest BCUT2D eigenvalue weighted by Crippen LogP contribution is 2.39. The summed E-state index contributed by atoms with van der Waals surface area (Å²) >= 11 is 6.17. The summed E-state index contributed by atoms with van der Waals surface area (Å²) in [6.45, 7) is 6.14. The Morgan fingerprint density at radius 1 is 1.29 bits per heavy atom. The zero-order valence-electron chi connectivity index (χ0n) is 13.5. The van der Waals surface area contributed by atoms with E-state index in [0.717, 1.165) is 12.5 Å². The van der Waals surface area contributed by atoms with E-state index in [0.29, 0.717) is 17.0 Å². The molecule has 24 heavy (non-hydrogen) atoms. The van der Waals surface area contributed by atoms with Crippen LogP contribution in [0.5, 0.6) is 5.75 Å². The average molecular weight is 362 g/mol. The van der Waals surface area contributed by atoms with Crippen molar-refractivity contribution in [3.63, 3.8) is 0 Å². The number of hydrogen-bond donors (Lipinski definition) is 0. The van der Waals surface area contributed by atoms with Crippen LogP contribution in [0.2, 0.25) is 5.02 Å². The summed E-state index contributed by atoms with van der Waals surface area (Å²) in [5.74, 6) is -1.95. The molecule has 0 amide bonds. The Morgan fingerprint density at radius 2 is 1.92 bits per heavy atom. The van der Waals surface area contributed by atoms with Gasteiger partial charge in [-0.15, -0.1) is 0 Å². The predicted octanol–water partition coefficient (Wildman–Crippen LogP) is 3.78. The number of carboxylic acid groups (broad SMARTS) is 1. The Bertz CT molecular complexity index is 688. The van der Waals surface area contributed by atoms with Crippen LogP contribution in [-0.4, -0.2) is 18.2 Å². The highest BCUT2D eigenvalue weighted by Gasteiger charge is 2.46. The quantitative estimate of drug-likeness (QED) is 0.823. The molecular weight excluding hydrogens is 345 g/mol. The SMILES string of the molecule is CC(C)(C)CCc1cc2c(cc1Cl)C=C(C(=O)[O-])[C@H](C(F)(F)F)O2. The molecule has 0 saturated carbocycles. The monoisotopic (exact) mass is 361 g/mol. The molecule has 1 aliphatic rings. The number of aryl methyl sites for hydroxylation is 1. The minimum absolute atomic E-state index is 0.0318. The molecule has 3 nitrogen and oxygen atoms in total. The summed E-state index contributed by atoms with van der Waals surface area (Å²) in [5.41, 5.74) is -0.0688. The third-order valence-corrected chi connectivity index (χ3v) is 4.05. The second-order valence-corrected chi connectivity index (χ2v) is 7.38. The summed E-state index contributed by atoms with van der Waals surface area (Å²) in [4.78, 5) is 11.0. The molecule has 0 aliphatic carbocycles. The van der Waals surface area contributed by atoms with Gasteiger partial charge in [0.1, 0.15) is 5.75 Å². The lowest BCUT2D eigenvalue weighted by molar-refractivity contribution is -0.302. The Labute approximate surface area is 143 Å². The highest BCUT2D eigenvalue weighted by atomic mass is 35.5. The van der Waals surface area contributed by atoms with E-state index >= 15 is 0 Å². The molecule has 1 atom stereocenters. The van der Waals surface area contributed by atoms with Crippen LogP contribution in [0.1, 0.15) is 38.3 Å². The van der Waals surface area contributed by atoms with Crippen LogP contribution < -0.4 is 9.84 Å². The smallest absolute Gasteiger partial charge is 0.429 e. The Morgan fingerprint density at radius 3 is 2.42 bits per heavy atom. The number of alkyl halides is 3. The van der Waals surface area contributed by atoms with Gasteiger partial charge in [0.2, 0.25) is 6.10 Å². The van der Waals surface area contributed by atoms with Gasteiger partial charge in [0, 0.05) is 16.2 Å². The number of benzene rings is 1. The van der Waals surface area contributed by atoms with E-state index in [9.17, 15) is 23.1 Å². The van der Waals surface area contributed by atoms with Crippen LogP contribution >= 0.6 is 11.6 Å². The van der Waals surface area contributed by atoms with Crippen molar-refractivity contribution < 1.29 is 27.8 Å². The van der Waals surface area contributed by atoms with E-state index in [4.69, 9.17) is 16.3 Å². The van der Waals surface area contributed by atoms with Gasteiger partial charge in [0.25, 0.3) is 0 Å². The van der Waals surface area contributed by atoms with Crippen molar-refractivity contribution in [1.82, 2.24) is 0 Å². The lowest BCUT2D eigenvalue weighted by Gasteiger charge is -2.30. The van der Waals surface area contributed by atoms with Gasteiger partial charge in [0.05, 0.1) is 5.97 Å². The van der Waals surface area contributed by atoms with Gasteiger partial charge in [-0.05, 0) is 42.0 Å². The second kappa shape index (κ2) is 6.31. The molecule has 0 bridgehead atoms. The van der Waals surface area contributed by atoms with Crippen molar-refractivity contribution >= 4 is 23.6 Å². The molecule has 0 unspecified atom stereocenters. The van der Waals surface area contributed by atoms with Crippen LogP contribution in [0.3, 0.4) is 0 Å². The minimum Gasteiger partial charge on any atom is -0.545 e. The van der Waals surface area contributed by atoms with Crippen molar-refractivity contribution in [2.45, 2.75) is 45.9 Å². The first-order valence-electron chi connectivity index (χ1n) is 7.37. The second-order valence-electron chi connectivity index (χ2n) is 6.97. The number of fused-ring (bicyclic) bond motifs is 1. The normalized spacial score (nSPS) is 17.8. The predicted molar refractivity (Wildman–Crippen MR) is 82.7 cm³/mol. The molecule has 0 fully saturated rings. The summed E-state index contributed by atoms with van der Waals surface area (Å²) < 4.78 is 44.1. The van der Waals surface area contributed by atoms with Crippen LogP contribution in [0.15, 0.2) is 17.7 Å². The van der Waals surface area contributed by atoms with Crippen LogP contribution in [0.4, 0.5) is 13.2 Å². The molecule has 132 valence electrons. The fourth-order valence-electron chi connectivity index (χ4n) is 2.37. The fourth-order valence-corrected chi connectivity index (χ4v) is 2.64. The van der Waals surface area contributed by atoms with Gasteiger partial charge in [-0.1, -0.05) is 32.4 Å². The van der Waals surface area contributed by atoms with Crippen molar-refractivity contribution in [2.24, 2.45) is 5.41 Å². The Balaban J connectivity index is 2.42.